The van der Waals surface area contributed by atoms with Crippen LogP contribution in [0.2, 0.25) is 0 Å². The average Bonchev–Trinajstić information content (AvgIpc) is 2.82. The van der Waals surface area contributed by atoms with E-state index in [-0.39, 0.29) is 5.41 Å². The lowest BCUT2D eigenvalue weighted by Crippen LogP contribution is -2.23. The Morgan fingerprint density at radius 3 is 2.76 bits per heavy atom. The van der Waals surface area contributed by atoms with Crippen molar-refractivity contribution in [2.24, 2.45) is 5.41 Å². The van der Waals surface area contributed by atoms with Gasteiger partial charge in [0.15, 0.2) is 5.78 Å². The monoisotopic (exact) mass is 231 g/mol. The van der Waals surface area contributed by atoms with Crippen LogP contribution in [0.3, 0.4) is 0 Å². The van der Waals surface area contributed by atoms with Crippen molar-refractivity contribution in [3.8, 4) is 0 Å². The molecule has 0 aliphatic carbocycles. The molecule has 2 aliphatic heterocycles. The fourth-order valence-electron chi connectivity index (χ4n) is 3.35. The molecule has 1 aromatic rings. The predicted molar refractivity (Wildman–Crippen MR) is 68.5 cm³/mol. The quantitative estimate of drug-likeness (QED) is 0.678. The van der Waals surface area contributed by atoms with Crippen molar-refractivity contribution >= 4 is 5.78 Å². The summed E-state index contributed by atoms with van der Waals surface area (Å²) in [5, 5.41) is 0. The van der Waals surface area contributed by atoms with Crippen LogP contribution in [0, 0.1) is 5.41 Å². The number of rotatable bonds is 1. The van der Waals surface area contributed by atoms with Crippen molar-refractivity contribution in [3.05, 3.63) is 23.0 Å². The van der Waals surface area contributed by atoms with Crippen LogP contribution in [0.5, 0.6) is 0 Å². The molecule has 0 spiro atoms. The van der Waals surface area contributed by atoms with Gasteiger partial charge in [-0.25, -0.2) is 0 Å². The third-order valence-electron chi connectivity index (χ3n) is 4.20. The molecule has 0 unspecified atom stereocenters. The molecule has 0 amide bonds. The molecular formula is C15H21NO. The lowest BCUT2D eigenvalue weighted by molar-refractivity contribution is 0.0856. The Labute approximate surface area is 103 Å². The molecule has 0 bridgehead atoms. The molecule has 3 rings (SSSR count). The van der Waals surface area contributed by atoms with Crippen molar-refractivity contribution in [1.82, 2.24) is 4.57 Å². The summed E-state index contributed by atoms with van der Waals surface area (Å²) >= 11 is 0. The molecule has 92 valence electrons. The molecule has 2 aliphatic rings. The number of Topliss-reactive ketones (excluding diaryl/α,β-unsaturated/α-hetero) is 1. The van der Waals surface area contributed by atoms with E-state index in [1.54, 1.807) is 0 Å². The molecule has 2 heteroatoms. The Balaban J connectivity index is 2.09. The molecule has 1 aromatic heterocycles. The molecule has 1 atom stereocenters. The van der Waals surface area contributed by atoms with E-state index in [2.05, 4.69) is 10.6 Å². The van der Waals surface area contributed by atoms with Crippen LogP contribution >= 0.6 is 0 Å². The summed E-state index contributed by atoms with van der Waals surface area (Å²) in [4.78, 5) is 12.5. The lowest BCUT2D eigenvalue weighted by Gasteiger charge is -2.25. The predicted octanol–water partition coefficient (Wildman–Crippen LogP) is 3.54. The molecule has 0 radical (unpaired) electrons. The van der Waals surface area contributed by atoms with Crippen molar-refractivity contribution < 1.29 is 4.79 Å². The first kappa shape index (κ1) is 11.1. The second-order valence-electron chi connectivity index (χ2n) is 6.53. The Morgan fingerprint density at radius 2 is 2.06 bits per heavy atom. The first-order chi connectivity index (χ1) is 7.98. The third-order valence-corrected chi connectivity index (χ3v) is 4.20. The van der Waals surface area contributed by atoms with Gasteiger partial charge in [-0.15, -0.1) is 0 Å². The fourth-order valence-corrected chi connectivity index (χ4v) is 3.35. The van der Waals surface area contributed by atoms with Gasteiger partial charge >= 0.3 is 0 Å². The van der Waals surface area contributed by atoms with E-state index >= 15 is 0 Å². The van der Waals surface area contributed by atoms with Gasteiger partial charge in [0.2, 0.25) is 0 Å². The number of ketones is 1. The number of carbonyl (C=O) groups excluding carboxylic acids is 1. The summed E-state index contributed by atoms with van der Waals surface area (Å²) in [6.45, 7) is 6.06. The summed E-state index contributed by atoms with van der Waals surface area (Å²) < 4.78 is 2.47. The zero-order valence-corrected chi connectivity index (χ0v) is 11.0. The lowest BCUT2D eigenvalue weighted by atomic mass is 9.85. The molecule has 0 aromatic carbocycles. The van der Waals surface area contributed by atoms with Crippen LogP contribution < -0.4 is 0 Å². The molecule has 0 saturated heterocycles. The topological polar surface area (TPSA) is 22.0 Å². The molecule has 17 heavy (non-hydrogen) atoms. The number of nitrogens with zero attached hydrogens (tertiary/aromatic N) is 1. The highest BCUT2D eigenvalue weighted by molar-refractivity contribution is 6.01. The van der Waals surface area contributed by atoms with Gasteiger partial charge in [0.1, 0.15) is 0 Å². The maximum absolute atomic E-state index is 12.5. The minimum absolute atomic E-state index is 0.258. The van der Waals surface area contributed by atoms with Gasteiger partial charge < -0.3 is 4.57 Å². The first-order valence-electron chi connectivity index (χ1n) is 6.76. The highest BCUT2D eigenvalue weighted by Crippen LogP contribution is 2.40. The van der Waals surface area contributed by atoms with E-state index in [1.807, 2.05) is 20.8 Å². The SMILES string of the molecule is CC(C)(C)C(=O)c1cc2n3c1CCC[C@@H]3CC2. The first-order valence-corrected chi connectivity index (χ1v) is 6.76. The number of aryl methyl sites for hydroxylation is 1. The molecule has 0 fully saturated rings. The summed E-state index contributed by atoms with van der Waals surface area (Å²) in [6, 6.07) is 2.86. The van der Waals surface area contributed by atoms with Gasteiger partial charge in [0.05, 0.1) is 0 Å². The second-order valence-corrected chi connectivity index (χ2v) is 6.53. The Morgan fingerprint density at radius 1 is 1.29 bits per heavy atom. The smallest absolute Gasteiger partial charge is 0.169 e. The zero-order valence-electron chi connectivity index (χ0n) is 11.0. The van der Waals surface area contributed by atoms with E-state index in [0.717, 1.165) is 18.4 Å². The standard InChI is InChI=1S/C15H21NO/c1-15(2,3)14(17)12-9-11-8-7-10-5-4-6-13(12)16(10)11/h9-10H,4-8H2,1-3H3/t10-/m1/s1. The number of hydrogen-bond acceptors (Lipinski definition) is 1. The Kier molecular flexibility index (Phi) is 2.26. The summed E-state index contributed by atoms with van der Waals surface area (Å²) in [5.74, 6) is 0.315. The van der Waals surface area contributed by atoms with Crippen molar-refractivity contribution in [1.29, 1.82) is 0 Å². The fraction of sp³-hybridized carbons (Fsp3) is 0.667. The number of carbonyl (C=O) groups is 1. The van der Waals surface area contributed by atoms with Gasteiger partial charge in [0.25, 0.3) is 0 Å². The molecule has 3 heterocycles. The van der Waals surface area contributed by atoms with Gasteiger partial charge in [-0.2, -0.15) is 0 Å². The van der Waals surface area contributed by atoms with Crippen LogP contribution in [-0.4, -0.2) is 10.4 Å². The van der Waals surface area contributed by atoms with Gasteiger partial charge in [0, 0.05) is 28.4 Å². The van der Waals surface area contributed by atoms with Gasteiger partial charge in [-0.1, -0.05) is 20.8 Å². The maximum Gasteiger partial charge on any atom is 0.169 e. The minimum atomic E-state index is -0.258. The average molecular weight is 231 g/mol. The van der Waals surface area contributed by atoms with E-state index in [1.165, 1.54) is 30.7 Å². The zero-order chi connectivity index (χ0) is 12.2. The van der Waals surface area contributed by atoms with E-state index in [9.17, 15) is 4.79 Å². The second kappa shape index (κ2) is 3.47. The maximum atomic E-state index is 12.5. The van der Waals surface area contributed by atoms with E-state index in [0.29, 0.717) is 11.8 Å². The van der Waals surface area contributed by atoms with Gasteiger partial charge in [-0.3, -0.25) is 4.79 Å². The third kappa shape index (κ3) is 1.57. The van der Waals surface area contributed by atoms with Crippen LogP contribution in [0.4, 0.5) is 0 Å². The minimum Gasteiger partial charge on any atom is -0.345 e. The van der Waals surface area contributed by atoms with Crippen LogP contribution in [-0.2, 0) is 12.8 Å². The van der Waals surface area contributed by atoms with Crippen molar-refractivity contribution in [3.63, 3.8) is 0 Å². The molecular weight excluding hydrogens is 210 g/mol. The number of aromatic nitrogens is 1. The van der Waals surface area contributed by atoms with Crippen molar-refractivity contribution in [2.75, 3.05) is 0 Å². The molecule has 0 saturated carbocycles. The van der Waals surface area contributed by atoms with E-state index in [4.69, 9.17) is 0 Å². The van der Waals surface area contributed by atoms with Crippen LogP contribution in [0.1, 0.15) is 67.8 Å². The molecule has 2 nitrogen and oxygen atoms in total. The summed E-state index contributed by atoms with van der Waals surface area (Å²) in [7, 11) is 0. The van der Waals surface area contributed by atoms with E-state index < -0.39 is 0 Å². The summed E-state index contributed by atoms with van der Waals surface area (Å²) in [5.41, 5.74) is 3.48. The van der Waals surface area contributed by atoms with Gasteiger partial charge in [-0.05, 0) is 38.2 Å². The van der Waals surface area contributed by atoms with Crippen molar-refractivity contribution in [2.45, 2.75) is 58.9 Å². The van der Waals surface area contributed by atoms with Crippen LogP contribution in [0.25, 0.3) is 0 Å². The highest BCUT2D eigenvalue weighted by Gasteiger charge is 2.34. The molecule has 0 N–H and O–H groups in total. The Bertz CT molecular complexity index is 476. The normalized spacial score (nSPS) is 22.6. The Hall–Kier alpha value is -1.05. The van der Waals surface area contributed by atoms with Crippen LogP contribution in [0.15, 0.2) is 6.07 Å². The number of hydrogen-bond donors (Lipinski definition) is 0. The highest BCUT2D eigenvalue weighted by atomic mass is 16.1. The largest absolute Gasteiger partial charge is 0.345 e. The summed E-state index contributed by atoms with van der Waals surface area (Å²) in [6.07, 6.45) is 6.09.